The number of halogens is 3. The standard InChI is InChI=1S/C34H28Cl2FN3O6/c1-39-30(42)21-10-9-20-22(28(21)32(39)44)15-23-31(43)40(38-26-11-6-18(35)14-24(26)36)33(45)34(23,17-4-7-19(46-2)8-5-17)29(20)16-3-12-27(41)25(37)13-16/h3-9,11-14,21-23,28-29,38,41H,10,15H2,1-2H3. The van der Waals surface area contributed by atoms with Gasteiger partial charge in [0.25, 0.3) is 11.8 Å². The number of allylic oxidation sites excluding steroid dienone is 2. The van der Waals surface area contributed by atoms with Crippen LogP contribution in [-0.2, 0) is 24.6 Å². The van der Waals surface area contributed by atoms with Crippen molar-refractivity contribution in [3.05, 3.63) is 99.3 Å². The van der Waals surface area contributed by atoms with Gasteiger partial charge in [-0.2, -0.15) is 5.01 Å². The van der Waals surface area contributed by atoms with Crippen LogP contribution in [0, 0.1) is 29.5 Å². The molecule has 9 nitrogen and oxygen atoms in total. The highest BCUT2D eigenvalue weighted by Gasteiger charge is 2.70. The van der Waals surface area contributed by atoms with Crippen LogP contribution < -0.4 is 10.2 Å². The number of hydrazine groups is 1. The zero-order valence-corrected chi connectivity index (χ0v) is 26.2. The summed E-state index contributed by atoms with van der Waals surface area (Å²) in [4.78, 5) is 57.4. The fraction of sp³-hybridized carbons (Fsp3) is 0.294. The van der Waals surface area contributed by atoms with E-state index in [1.807, 2.05) is 6.08 Å². The molecule has 2 aliphatic carbocycles. The summed E-state index contributed by atoms with van der Waals surface area (Å²) in [6, 6.07) is 15.3. The van der Waals surface area contributed by atoms with E-state index in [4.69, 9.17) is 27.9 Å². The number of hydrogen-bond acceptors (Lipinski definition) is 7. The monoisotopic (exact) mass is 663 g/mol. The third-order valence-corrected chi connectivity index (χ3v) is 10.7. The molecule has 12 heteroatoms. The number of phenolic OH excluding ortho intramolecular Hbond substituents is 1. The third kappa shape index (κ3) is 4.19. The van der Waals surface area contributed by atoms with Gasteiger partial charge in [0.05, 0.1) is 41.0 Å². The Morgan fingerprint density at radius 3 is 2.37 bits per heavy atom. The number of anilines is 1. The number of imide groups is 2. The van der Waals surface area contributed by atoms with Crippen molar-refractivity contribution in [1.82, 2.24) is 9.91 Å². The topological polar surface area (TPSA) is 116 Å². The molecular weight excluding hydrogens is 636 g/mol. The van der Waals surface area contributed by atoms with Gasteiger partial charge in [-0.05, 0) is 72.4 Å². The lowest BCUT2D eigenvalue weighted by Crippen LogP contribution is -2.53. The summed E-state index contributed by atoms with van der Waals surface area (Å²) in [6.07, 6.45) is 2.20. The molecule has 236 valence electrons. The highest BCUT2D eigenvalue weighted by Crippen LogP contribution is 2.64. The van der Waals surface area contributed by atoms with E-state index in [2.05, 4.69) is 5.43 Å². The molecule has 4 aliphatic rings. The molecule has 0 aromatic heterocycles. The average molecular weight is 665 g/mol. The smallest absolute Gasteiger partial charge is 0.260 e. The Balaban J connectivity index is 1.48. The predicted octanol–water partition coefficient (Wildman–Crippen LogP) is 5.46. The van der Waals surface area contributed by atoms with Crippen molar-refractivity contribution in [3.63, 3.8) is 0 Å². The van der Waals surface area contributed by atoms with Crippen molar-refractivity contribution in [2.45, 2.75) is 24.2 Å². The van der Waals surface area contributed by atoms with Gasteiger partial charge in [0.2, 0.25) is 11.8 Å². The summed E-state index contributed by atoms with van der Waals surface area (Å²) >= 11 is 12.5. The number of fused-ring (bicyclic) bond motifs is 4. The second-order valence-corrected chi connectivity index (χ2v) is 13.0. The summed E-state index contributed by atoms with van der Waals surface area (Å²) in [5, 5.41) is 11.6. The predicted molar refractivity (Wildman–Crippen MR) is 166 cm³/mol. The molecule has 2 heterocycles. The number of carbonyl (C=O) groups excluding carboxylic acids is 4. The van der Waals surface area contributed by atoms with Gasteiger partial charge in [-0.1, -0.05) is 53.1 Å². The number of amides is 4. The number of hydrogen-bond donors (Lipinski definition) is 2. The number of ether oxygens (including phenoxy) is 1. The van der Waals surface area contributed by atoms with Gasteiger partial charge in [-0.3, -0.25) is 29.5 Å². The summed E-state index contributed by atoms with van der Waals surface area (Å²) in [7, 11) is 2.96. The molecule has 6 unspecified atom stereocenters. The Bertz CT molecular complexity index is 1870. The number of benzene rings is 3. The molecule has 0 spiro atoms. The first-order chi connectivity index (χ1) is 22.0. The van der Waals surface area contributed by atoms with Crippen LogP contribution in [0.5, 0.6) is 11.5 Å². The van der Waals surface area contributed by atoms with E-state index in [0.29, 0.717) is 27.5 Å². The number of likely N-dealkylation sites (tertiary alicyclic amines) is 1. The Labute approximate surface area is 273 Å². The van der Waals surface area contributed by atoms with Crippen molar-refractivity contribution in [2.75, 3.05) is 19.6 Å². The lowest BCUT2D eigenvalue weighted by Gasteiger charge is -2.50. The van der Waals surface area contributed by atoms with E-state index in [0.717, 1.165) is 16.0 Å². The second kappa shape index (κ2) is 10.8. The van der Waals surface area contributed by atoms with E-state index in [1.54, 1.807) is 36.4 Å². The van der Waals surface area contributed by atoms with E-state index in [9.17, 15) is 19.5 Å². The molecule has 2 saturated heterocycles. The van der Waals surface area contributed by atoms with Crippen molar-refractivity contribution < 1.29 is 33.4 Å². The van der Waals surface area contributed by atoms with E-state index < -0.39 is 58.4 Å². The minimum absolute atomic E-state index is 0.0834. The maximum absolute atomic E-state index is 15.1. The molecule has 3 aromatic rings. The Kier molecular flexibility index (Phi) is 7.13. The minimum Gasteiger partial charge on any atom is -0.505 e. The van der Waals surface area contributed by atoms with Gasteiger partial charge in [0.1, 0.15) is 5.75 Å². The molecular formula is C34H28Cl2FN3O6. The molecule has 2 N–H and O–H groups in total. The highest BCUT2D eigenvalue weighted by atomic mass is 35.5. The van der Waals surface area contributed by atoms with Crippen molar-refractivity contribution >= 4 is 52.5 Å². The molecule has 2 aliphatic heterocycles. The number of nitrogens with one attached hydrogen (secondary N) is 1. The number of phenols is 1. The Morgan fingerprint density at radius 1 is 0.957 bits per heavy atom. The number of methoxy groups -OCH3 is 1. The first-order valence-corrected chi connectivity index (χ1v) is 15.5. The molecule has 46 heavy (non-hydrogen) atoms. The van der Waals surface area contributed by atoms with Crippen LogP contribution in [-0.4, -0.2) is 52.8 Å². The van der Waals surface area contributed by atoms with Crippen molar-refractivity contribution in [3.8, 4) is 11.5 Å². The quantitative estimate of drug-likeness (QED) is 0.275. The Hall–Kier alpha value is -4.41. The molecule has 4 amide bonds. The number of carbonyl (C=O) groups is 4. The normalized spacial score (nSPS) is 28.5. The highest BCUT2D eigenvalue weighted by molar-refractivity contribution is 6.36. The Morgan fingerprint density at radius 2 is 1.70 bits per heavy atom. The minimum atomic E-state index is -1.62. The van der Waals surface area contributed by atoms with Gasteiger partial charge in [0.15, 0.2) is 11.6 Å². The van der Waals surface area contributed by atoms with Crippen molar-refractivity contribution in [2.24, 2.45) is 23.7 Å². The van der Waals surface area contributed by atoms with Gasteiger partial charge < -0.3 is 9.84 Å². The maximum atomic E-state index is 15.1. The molecule has 0 radical (unpaired) electrons. The van der Waals surface area contributed by atoms with Gasteiger partial charge >= 0.3 is 0 Å². The van der Waals surface area contributed by atoms with Crippen LogP contribution >= 0.6 is 23.2 Å². The fourth-order valence-electron chi connectivity index (χ4n) is 8.08. The second-order valence-electron chi connectivity index (χ2n) is 12.2. The summed E-state index contributed by atoms with van der Waals surface area (Å²) in [5.41, 5.74) is 3.04. The lowest BCUT2D eigenvalue weighted by molar-refractivity contribution is -0.140. The first-order valence-electron chi connectivity index (χ1n) is 14.7. The molecule has 3 aromatic carbocycles. The van der Waals surface area contributed by atoms with Crippen LogP contribution in [0.3, 0.4) is 0 Å². The van der Waals surface area contributed by atoms with Crippen LogP contribution in [0.4, 0.5) is 10.1 Å². The molecule has 7 rings (SSSR count). The van der Waals surface area contributed by atoms with Gasteiger partial charge in [-0.25, -0.2) is 4.39 Å². The van der Waals surface area contributed by atoms with Crippen LogP contribution in [0.2, 0.25) is 10.0 Å². The van der Waals surface area contributed by atoms with E-state index >= 15 is 9.18 Å². The summed E-state index contributed by atoms with van der Waals surface area (Å²) < 4.78 is 20.5. The molecule has 3 fully saturated rings. The largest absolute Gasteiger partial charge is 0.505 e. The lowest BCUT2D eigenvalue weighted by atomic mass is 9.49. The molecule has 1 saturated carbocycles. The van der Waals surface area contributed by atoms with Crippen LogP contribution in [0.25, 0.3) is 0 Å². The maximum Gasteiger partial charge on any atom is 0.260 e. The summed E-state index contributed by atoms with van der Waals surface area (Å²) in [5.74, 6) is -6.69. The number of rotatable bonds is 5. The molecule has 0 bridgehead atoms. The van der Waals surface area contributed by atoms with Crippen LogP contribution in [0.15, 0.2) is 72.3 Å². The third-order valence-electron chi connectivity index (χ3n) is 10.1. The van der Waals surface area contributed by atoms with Crippen molar-refractivity contribution in [1.29, 1.82) is 0 Å². The first kappa shape index (κ1) is 30.3. The zero-order chi connectivity index (χ0) is 32.7. The van der Waals surface area contributed by atoms with E-state index in [1.165, 1.54) is 32.4 Å². The van der Waals surface area contributed by atoms with Gasteiger partial charge in [-0.15, -0.1) is 0 Å². The SMILES string of the molecule is COc1ccc(C23C(=O)N(Nc4ccc(Cl)cc4Cl)C(=O)C2CC2C(=CCC4C(=O)N(C)C(=O)C42)C3c2ccc(O)c(F)c2)cc1. The zero-order valence-electron chi connectivity index (χ0n) is 24.7. The van der Waals surface area contributed by atoms with Crippen LogP contribution in [0.1, 0.15) is 29.9 Å². The number of nitrogens with zero attached hydrogens (tertiary/aromatic N) is 2. The van der Waals surface area contributed by atoms with E-state index in [-0.39, 0.29) is 35.4 Å². The summed E-state index contributed by atoms with van der Waals surface area (Å²) in [6.45, 7) is 0. The molecule has 6 atom stereocenters. The van der Waals surface area contributed by atoms with Gasteiger partial charge in [0, 0.05) is 18.0 Å². The fourth-order valence-corrected chi connectivity index (χ4v) is 8.53. The average Bonchev–Trinajstić information content (AvgIpc) is 3.40. The number of aromatic hydroxyl groups is 1.